The van der Waals surface area contributed by atoms with E-state index in [1.54, 1.807) is 24.7 Å². The standard InChI is InChI=1S/C18H17N7O2/c1-26-15-8-16(27-2)24-18(23-15)17-20-7-5-14(22-17)12-9-21-25(11-12)13-4-3-6-19-10-13/h3-8,10-11,21H,9H2,1-2H3. The number of nitrogens with zero attached hydrogens (tertiary/aromatic N) is 6. The molecular formula is C18H17N7O2. The number of pyridine rings is 1. The predicted octanol–water partition coefficient (Wildman–Crippen LogP) is 1.71. The van der Waals surface area contributed by atoms with Gasteiger partial charge in [-0.1, -0.05) is 0 Å². The highest BCUT2D eigenvalue weighted by Crippen LogP contribution is 2.24. The summed E-state index contributed by atoms with van der Waals surface area (Å²) < 4.78 is 10.4. The van der Waals surface area contributed by atoms with Crippen LogP contribution >= 0.6 is 0 Å². The van der Waals surface area contributed by atoms with Crippen molar-refractivity contribution in [3.05, 3.63) is 54.7 Å². The minimum Gasteiger partial charge on any atom is -0.481 e. The van der Waals surface area contributed by atoms with Crippen LogP contribution in [0.1, 0.15) is 5.69 Å². The second-order valence-electron chi connectivity index (χ2n) is 5.61. The molecule has 0 aromatic carbocycles. The minimum absolute atomic E-state index is 0.337. The van der Waals surface area contributed by atoms with Gasteiger partial charge in [-0.2, -0.15) is 9.97 Å². The number of rotatable bonds is 5. The maximum absolute atomic E-state index is 5.19. The molecule has 1 N–H and O–H groups in total. The molecule has 4 rings (SSSR count). The quantitative estimate of drug-likeness (QED) is 0.726. The van der Waals surface area contributed by atoms with Crippen LogP contribution in [-0.2, 0) is 0 Å². The molecule has 0 unspecified atom stereocenters. The maximum atomic E-state index is 5.19. The van der Waals surface area contributed by atoms with Crippen molar-refractivity contribution in [2.24, 2.45) is 0 Å². The summed E-state index contributed by atoms with van der Waals surface area (Å²) in [6, 6.07) is 7.31. The number of methoxy groups -OCH3 is 2. The molecule has 0 amide bonds. The normalized spacial score (nSPS) is 13.4. The van der Waals surface area contributed by atoms with Crippen molar-refractivity contribution < 1.29 is 9.47 Å². The third-order valence-corrected chi connectivity index (χ3v) is 3.93. The van der Waals surface area contributed by atoms with Crippen LogP contribution in [0.3, 0.4) is 0 Å². The molecule has 0 aliphatic carbocycles. The first-order valence-corrected chi connectivity index (χ1v) is 8.21. The molecular weight excluding hydrogens is 346 g/mol. The summed E-state index contributed by atoms with van der Waals surface area (Å²) in [6.45, 7) is 0.633. The number of aromatic nitrogens is 5. The van der Waals surface area contributed by atoms with E-state index in [1.807, 2.05) is 29.4 Å². The summed E-state index contributed by atoms with van der Waals surface area (Å²) >= 11 is 0. The van der Waals surface area contributed by atoms with Gasteiger partial charge in [0.25, 0.3) is 0 Å². The van der Waals surface area contributed by atoms with Crippen molar-refractivity contribution in [3.63, 3.8) is 0 Å². The lowest BCUT2D eigenvalue weighted by Crippen LogP contribution is -2.28. The Morgan fingerprint density at radius 3 is 2.52 bits per heavy atom. The summed E-state index contributed by atoms with van der Waals surface area (Å²) in [5.74, 6) is 1.50. The lowest BCUT2D eigenvalue weighted by molar-refractivity contribution is 0.372. The molecule has 0 bridgehead atoms. The molecule has 9 heteroatoms. The molecule has 0 saturated heterocycles. The van der Waals surface area contributed by atoms with E-state index < -0.39 is 0 Å². The number of hydrogen-bond acceptors (Lipinski definition) is 9. The van der Waals surface area contributed by atoms with Gasteiger partial charge in [0, 0.05) is 30.7 Å². The van der Waals surface area contributed by atoms with E-state index in [0.717, 1.165) is 17.0 Å². The van der Waals surface area contributed by atoms with Crippen LogP contribution in [0.4, 0.5) is 5.69 Å². The topological polar surface area (TPSA) is 98.2 Å². The molecule has 1 aliphatic rings. The minimum atomic E-state index is 0.337. The Balaban J connectivity index is 1.66. The largest absolute Gasteiger partial charge is 0.481 e. The Hall–Kier alpha value is -3.59. The van der Waals surface area contributed by atoms with Gasteiger partial charge in [-0.25, -0.2) is 15.4 Å². The maximum Gasteiger partial charge on any atom is 0.220 e. The van der Waals surface area contributed by atoms with E-state index in [9.17, 15) is 0 Å². The van der Waals surface area contributed by atoms with Crippen LogP contribution in [0.15, 0.2) is 49.1 Å². The van der Waals surface area contributed by atoms with E-state index in [1.165, 1.54) is 14.2 Å². The average Bonchev–Trinajstić information content (AvgIpc) is 3.24. The van der Waals surface area contributed by atoms with Crippen molar-refractivity contribution in [2.75, 3.05) is 25.8 Å². The van der Waals surface area contributed by atoms with E-state index in [2.05, 4.69) is 30.3 Å². The first kappa shape index (κ1) is 16.9. The first-order chi connectivity index (χ1) is 13.3. The predicted molar refractivity (Wildman–Crippen MR) is 98.9 cm³/mol. The van der Waals surface area contributed by atoms with Crippen LogP contribution < -0.4 is 19.9 Å². The third kappa shape index (κ3) is 3.53. The monoisotopic (exact) mass is 363 g/mol. The van der Waals surface area contributed by atoms with Gasteiger partial charge in [-0.05, 0) is 18.2 Å². The number of anilines is 1. The van der Waals surface area contributed by atoms with Crippen molar-refractivity contribution in [1.82, 2.24) is 30.3 Å². The molecule has 27 heavy (non-hydrogen) atoms. The number of ether oxygens (including phenoxy) is 2. The molecule has 0 spiro atoms. The zero-order valence-corrected chi connectivity index (χ0v) is 14.8. The highest BCUT2D eigenvalue weighted by atomic mass is 16.5. The van der Waals surface area contributed by atoms with Crippen molar-refractivity contribution in [2.45, 2.75) is 0 Å². The van der Waals surface area contributed by atoms with E-state index in [4.69, 9.17) is 9.47 Å². The zero-order valence-electron chi connectivity index (χ0n) is 14.8. The fourth-order valence-corrected chi connectivity index (χ4v) is 2.59. The summed E-state index contributed by atoms with van der Waals surface area (Å²) in [5.41, 5.74) is 6.03. The molecule has 4 heterocycles. The van der Waals surface area contributed by atoms with Gasteiger partial charge < -0.3 is 9.47 Å². The average molecular weight is 363 g/mol. The SMILES string of the molecule is COc1cc(OC)nc(-c2nccc(C3=CN(c4cccnc4)NC3)n2)n1. The zero-order chi connectivity index (χ0) is 18.6. The molecule has 9 nitrogen and oxygen atoms in total. The fraction of sp³-hybridized carbons (Fsp3) is 0.167. The van der Waals surface area contributed by atoms with Gasteiger partial charge in [0.2, 0.25) is 17.6 Å². The van der Waals surface area contributed by atoms with Gasteiger partial charge in [0.1, 0.15) is 0 Å². The molecule has 0 radical (unpaired) electrons. The summed E-state index contributed by atoms with van der Waals surface area (Å²) in [7, 11) is 3.07. The number of nitrogens with one attached hydrogen (secondary N) is 1. The van der Waals surface area contributed by atoms with E-state index in [0.29, 0.717) is 30.0 Å². The third-order valence-electron chi connectivity index (χ3n) is 3.93. The summed E-state index contributed by atoms with van der Waals surface area (Å²) in [5, 5.41) is 1.91. The lowest BCUT2D eigenvalue weighted by atomic mass is 10.2. The van der Waals surface area contributed by atoms with Crippen LogP contribution in [0.5, 0.6) is 11.8 Å². The first-order valence-electron chi connectivity index (χ1n) is 8.21. The Morgan fingerprint density at radius 2 is 1.81 bits per heavy atom. The van der Waals surface area contributed by atoms with Gasteiger partial charge in [0.05, 0.1) is 37.9 Å². The molecule has 1 aliphatic heterocycles. The van der Waals surface area contributed by atoms with E-state index in [-0.39, 0.29) is 0 Å². The van der Waals surface area contributed by atoms with Crippen LogP contribution in [0, 0.1) is 0 Å². The number of hydrogen-bond donors (Lipinski definition) is 1. The second-order valence-corrected chi connectivity index (χ2v) is 5.61. The molecule has 0 fully saturated rings. The Morgan fingerprint density at radius 1 is 1.00 bits per heavy atom. The Labute approximate surface area is 155 Å². The second kappa shape index (κ2) is 7.34. The smallest absolute Gasteiger partial charge is 0.220 e. The van der Waals surface area contributed by atoms with Crippen molar-refractivity contribution >= 4 is 11.3 Å². The Bertz CT molecular complexity index is 956. The summed E-state index contributed by atoms with van der Waals surface area (Å²) in [6.07, 6.45) is 7.19. The van der Waals surface area contributed by atoms with E-state index >= 15 is 0 Å². The summed E-state index contributed by atoms with van der Waals surface area (Å²) in [4.78, 5) is 21.6. The lowest BCUT2D eigenvalue weighted by Gasteiger charge is -2.14. The highest BCUT2D eigenvalue weighted by Gasteiger charge is 2.18. The number of hydrazine groups is 1. The fourth-order valence-electron chi connectivity index (χ4n) is 2.59. The Kier molecular flexibility index (Phi) is 4.58. The van der Waals surface area contributed by atoms with Gasteiger partial charge in [-0.15, -0.1) is 0 Å². The van der Waals surface area contributed by atoms with Crippen LogP contribution in [0.25, 0.3) is 17.2 Å². The van der Waals surface area contributed by atoms with Crippen molar-refractivity contribution in [3.8, 4) is 23.4 Å². The van der Waals surface area contributed by atoms with Crippen LogP contribution in [-0.4, -0.2) is 45.7 Å². The molecule has 3 aromatic heterocycles. The van der Waals surface area contributed by atoms with Gasteiger partial charge in [0.15, 0.2) is 5.82 Å². The van der Waals surface area contributed by atoms with Gasteiger partial charge in [-0.3, -0.25) is 9.99 Å². The molecule has 0 atom stereocenters. The molecule has 0 saturated carbocycles. The molecule has 3 aromatic rings. The highest BCUT2D eigenvalue weighted by molar-refractivity contribution is 5.71. The molecule has 136 valence electrons. The van der Waals surface area contributed by atoms with Crippen LogP contribution in [0.2, 0.25) is 0 Å². The van der Waals surface area contributed by atoms with Crippen molar-refractivity contribution in [1.29, 1.82) is 0 Å². The van der Waals surface area contributed by atoms with Gasteiger partial charge >= 0.3 is 0 Å².